The van der Waals surface area contributed by atoms with Crippen molar-refractivity contribution in [3.63, 3.8) is 0 Å². The van der Waals surface area contributed by atoms with Gasteiger partial charge in [-0.05, 0) is 86.7 Å². The van der Waals surface area contributed by atoms with Gasteiger partial charge in [0.15, 0.2) is 0 Å². The number of piperidine rings is 1. The van der Waals surface area contributed by atoms with Crippen LogP contribution in [0.3, 0.4) is 0 Å². The molecule has 1 saturated heterocycles. The summed E-state index contributed by atoms with van der Waals surface area (Å²) in [7, 11) is 1.62. The molecular weight excluding hydrogens is 559 g/mol. The highest BCUT2D eigenvalue weighted by molar-refractivity contribution is 6.30. The summed E-state index contributed by atoms with van der Waals surface area (Å²) in [5, 5.41) is 1.26. The zero-order valence-corrected chi connectivity index (χ0v) is 25.1. The van der Waals surface area contributed by atoms with Crippen LogP contribution in [-0.2, 0) is 0 Å². The van der Waals surface area contributed by atoms with Gasteiger partial charge in [0.05, 0.1) is 24.8 Å². The summed E-state index contributed by atoms with van der Waals surface area (Å²) in [5.74, 6) is 2.24. The molecule has 0 bridgehead atoms. The van der Waals surface area contributed by atoms with Gasteiger partial charge in [-0.3, -0.25) is 9.89 Å². The minimum absolute atomic E-state index is 0.0954. The Hall–Kier alpha value is -3.26. The van der Waals surface area contributed by atoms with Crippen molar-refractivity contribution in [2.45, 2.75) is 44.9 Å². The van der Waals surface area contributed by atoms with E-state index in [-0.39, 0.29) is 18.2 Å². The first-order chi connectivity index (χ1) is 19.8. The van der Waals surface area contributed by atoms with E-state index in [0.717, 1.165) is 29.5 Å². The van der Waals surface area contributed by atoms with Gasteiger partial charge >= 0.3 is 6.03 Å². The average molecular weight is 596 g/mol. The number of hydrogen-bond donors (Lipinski definition) is 1. The van der Waals surface area contributed by atoms with Crippen LogP contribution in [0.25, 0.3) is 0 Å². The van der Waals surface area contributed by atoms with E-state index >= 15 is 0 Å². The fraction of sp³-hybridized carbons (Fsp3) is 0.375. The summed E-state index contributed by atoms with van der Waals surface area (Å²) in [6.07, 6.45) is 1.65. The van der Waals surface area contributed by atoms with Gasteiger partial charge in [0.25, 0.3) is 0 Å². The summed E-state index contributed by atoms with van der Waals surface area (Å²) < 4.78 is 11.8. The molecular formula is C32H36Cl2N4O3. The van der Waals surface area contributed by atoms with Crippen molar-refractivity contribution in [1.29, 1.82) is 0 Å². The topological polar surface area (TPSA) is 80.4 Å². The molecule has 0 radical (unpaired) electrons. The monoisotopic (exact) mass is 594 g/mol. The number of methoxy groups -OCH3 is 1. The molecule has 3 aromatic carbocycles. The third-order valence-corrected chi connectivity index (χ3v) is 8.21. The van der Waals surface area contributed by atoms with Crippen LogP contribution < -0.4 is 15.2 Å². The molecule has 1 fully saturated rings. The summed E-state index contributed by atoms with van der Waals surface area (Å²) >= 11 is 12.5. The Labute approximate surface area is 251 Å². The number of benzene rings is 3. The fourth-order valence-corrected chi connectivity index (χ4v) is 5.78. The molecule has 2 aliphatic rings. The Morgan fingerprint density at radius 2 is 1.59 bits per heavy atom. The van der Waals surface area contributed by atoms with Crippen LogP contribution in [0.4, 0.5) is 4.79 Å². The van der Waals surface area contributed by atoms with E-state index in [2.05, 4.69) is 0 Å². The number of amidine groups is 1. The van der Waals surface area contributed by atoms with Crippen molar-refractivity contribution >= 4 is 35.1 Å². The molecule has 5 rings (SSSR count). The lowest BCUT2D eigenvalue weighted by Crippen LogP contribution is -2.49. The number of likely N-dealkylation sites (tertiary alicyclic amines) is 1. The number of carbonyl (C=O) groups is 1. The molecule has 2 N–H and O–H groups in total. The summed E-state index contributed by atoms with van der Waals surface area (Å²) in [4.78, 5) is 23.6. The number of nitrogens with zero attached hydrogens (tertiary/aromatic N) is 3. The Morgan fingerprint density at radius 1 is 0.976 bits per heavy atom. The number of hydrogen-bond acceptors (Lipinski definition) is 5. The highest BCUT2D eigenvalue weighted by atomic mass is 35.5. The van der Waals surface area contributed by atoms with Gasteiger partial charge in [-0.15, -0.1) is 0 Å². The predicted octanol–water partition coefficient (Wildman–Crippen LogP) is 7.12. The Bertz CT molecular complexity index is 1390. The molecule has 0 saturated carbocycles. The van der Waals surface area contributed by atoms with Gasteiger partial charge in [0.1, 0.15) is 23.4 Å². The van der Waals surface area contributed by atoms with Crippen LogP contribution in [0, 0.1) is 5.92 Å². The van der Waals surface area contributed by atoms with Crippen molar-refractivity contribution in [2.24, 2.45) is 16.6 Å². The van der Waals surface area contributed by atoms with E-state index < -0.39 is 6.04 Å². The van der Waals surface area contributed by atoms with E-state index in [9.17, 15) is 4.79 Å². The minimum atomic E-state index is -0.419. The van der Waals surface area contributed by atoms with Crippen LogP contribution >= 0.6 is 23.2 Å². The van der Waals surface area contributed by atoms with Gasteiger partial charge in [-0.1, -0.05) is 47.5 Å². The number of amides is 2. The summed E-state index contributed by atoms with van der Waals surface area (Å²) in [5.41, 5.74) is 8.55. The number of carbonyl (C=O) groups excluding carboxylic acids is 1. The first kappa shape index (κ1) is 29.2. The zero-order chi connectivity index (χ0) is 29.1. The Balaban J connectivity index is 1.67. The van der Waals surface area contributed by atoms with Crippen LogP contribution in [0.2, 0.25) is 10.0 Å². The van der Waals surface area contributed by atoms with E-state index in [0.29, 0.717) is 52.9 Å². The molecule has 7 nitrogen and oxygen atoms in total. The largest absolute Gasteiger partial charge is 0.497 e. The minimum Gasteiger partial charge on any atom is -0.497 e. The van der Waals surface area contributed by atoms with Crippen LogP contribution in [0.15, 0.2) is 71.7 Å². The molecule has 0 spiro atoms. The summed E-state index contributed by atoms with van der Waals surface area (Å²) in [6.45, 7) is 5.85. The Morgan fingerprint density at radius 3 is 2.15 bits per heavy atom. The molecule has 2 heterocycles. The second-order valence-corrected chi connectivity index (χ2v) is 11.7. The number of ether oxygens (including phenoxy) is 2. The van der Waals surface area contributed by atoms with Crippen LogP contribution in [-0.4, -0.2) is 54.5 Å². The van der Waals surface area contributed by atoms with E-state index in [4.69, 9.17) is 43.4 Å². The molecule has 9 heteroatoms. The zero-order valence-electron chi connectivity index (χ0n) is 23.6. The van der Waals surface area contributed by atoms with Gasteiger partial charge in [0.2, 0.25) is 0 Å². The quantitative estimate of drug-likeness (QED) is 0.315. The number of aliphatic imine (C=N–C) groups is 1. The maximum absolute atomic E-state index is 14.5. The lowest BCUT2D eigenvalue weighted by Gasteiger charge is -2.37. The first-order valence-corrected chi connectivity index (χ1v) is 14.8. The fourth-order valence-electron chi connectivity index (χ4n) is 5.53. The maximum Gasteiger partial charge on any atom is 0.326 e. The third-order valence-electron chi connectivity index (χ3n) is 7.71. The van der Waals surface area contributed by atoms with Gasteiger partial charge < -0.3 is 20.1 Å². The second-order valence-electron chi connectivity index (χ2n) is 10.8. The van der Waals surface area contributed by atoms with E-state index in [1.54, 1.807) is 7.11 Å². The molecule has 2 amide bonds. The molecule has 2 atom stereocenters. The van der Waals surface area contributed by atoms with Crippen molar-refractivity contribution < 1.29 is 14.3 Å². The molecule has 3 aromatic rings. The first-order valence-electron chi connectivity index (χ1n) is 14.0. The maximum atomic E-state index is 14.5. The molecule has 41 heavy (non-hydrogen) atoms. The van der Waals surface area contributed by atoms with Gasteiger partial charge in [-0.25, -0.2) is 4.79 Å². The van der Waals surface area contributed by atoms with Crippen LogP contribution in [0.1, 0.15) is 55.5 Å². The highest BCUT2D eigenvalue weighted by Crippen LogP contribution is 2.46. The average Bonchev–Trinajstić information content (AvgIpc) is 3.37. The normalized spacial score (nSPS) is 19.4. The van der Waals surface area contributed by atoms with Crippen molar-refractivity contribution in [3.05, 3.63) is 93.5 Å². The summed E-state index contributed by atoms with van der Waals surface area (Å²) in [6, 6.07) is 20.0. The number of halogens is 2. The SMILES string of the molecule is COc1ccc(C2=NC(c3ccc(Cl)cc3)C(c3ccc(Cl)cc3)N2C(=O)N2CCC(CN)CC2)c(OC(C)C)c1. The van der Waals surface area contributed by atoms with E-state index in [1.165, 1.54) is 0 Å². The number of nitrogens with two attached hydrogens (primary N) is 1. The van der Waals surface area contributed by atoms with Crippen LogP contribution in [0.5, 0.6) is 11.5 Å². The number of urea groups is 1. The van der Waals surface area contributed by atoms with Crippen molar-refractivity contribution in [2.75, 3.05) is 26.7 Å². The molecule has 2 aliphatic heterocycles. The van der Waals surface area contributed by atoms with E-state index in [1.807, 2.05) is 90.4 Å². The highest BCUT2D eigenvalue weighted by Gasteiger charge is 2.45. The molecule has 216 valence electrons. The lowest BCUT2D eigenvalue weighted by molar-refractivity contribution is 0.142. The van der Waals surface area contributed by atoms with Gasteiger partial charge in [0, 0.05) is 29.2 Å². The Kier molecular flexibility index (Phi) is 9.07. The second kappa shape index (κ2) is 12.7. The van der Waals surface area contributed by atoms with Crippen molar-refractivity contribution in [3.8, 4) is 11.5 Å². The standard InChI is InChI=1S/C32H36Cl2N4O3/c1-20(2)41-28-18-26(40-3)12-13-27(28)31-36-29(22-4-8-24(33)9-5-22)30(23-6-10-25(34)11-7-23)38(31)32(39)37-16-14-21(19-35)15-17-37/h4-13,18,20-21,29-30H,14-17,19,35H2,1-3H3. The molecule has 0 aromatic heterocycles. The third kappa shape index (κ3) is 6.32. The van der Waals surface area contributed by atoms with Gasteiger partial charge in [-0.2, -0.15) is 0 Å². The smallest absolute Gasteiger partial charge is 0.326 e. The molecule has 2 unspecified atom stereocenters. The number of rotatable bonds is 7. The van der Waals surface area contributed by atoms with Crippen molar-refractivity contribution in [1.82, 2.24) is 9.80 Å². The lowest BCUT2D eigenvalue weighted by atomic mass is 9.93. The predicted molar refractivity (Wildman–Crippen MR) is 164 cm³/mol. The molecule has 0 aliphatic carbocycles.